The summed E-state index contributed by atoms with van der Waals surface area (Å²) in [6.45, 7) is 3.06. The molecule has 3 aromatic rings. The van der Waals surface area contributed by atoms with Crippen molar-refractivity contribution in [3.05, 3.63) is 53.3 Å². The Morgan fingerprint density at radius 1 is 1.10 bits per heavy atom. The first-order chi connectivity index (χ1) is 9.81. The van der Waals surface area contributed by atoms with E-state index in [4.69, 9.17) is 9.73 Å². The van der Waals surface area contributed by atoms with Gasteiger partial charge in [0.2, 0.25) is 0 Å². The van der Waals surface area contributed by atoms with Crippen molar-refractivity contribution in [3.63, 3.8) is 0 Å². The highest BCUT2D eigenvalue weighted by Gasteiger charge is 2.03. The maximum atomic E-state index is 5.17. The molecule has 0 N–H and O–H groups in total. The minimum absolute atomic E-state index is 0.851. The van der Waals surface area contributed by atoms with E-state index >= 15 is 0 Å². The molecular weight excluding hydrogens is 268 g/mol. The van der Waals surface area contributed by atoms with E-state index in [0.717, 1.165) is 22.8 Å². The van der Waals surface area contributed by atoms with E-state index in [-0.39, 0.29) is 0 Å². The third-order valence-electron chi connectivity index (χ3n) is 3.20. The zero-order chi connectivity index (χ0) is 13.9. The average molecular weight is 284 g/mol. The maximum Gasteiger partial charge on any atom is 0.190 e. The number of benzene rings is 2. The Hall–Kier alpha value is -2.07. The quantitative estimate of drug-likeness (QED) is 0.715. The Balaban J connectivity index is 2.14. The predicted octanol–water partition coefficient (Wildman–Crippen LogP) is 3.96. The summed E-state index contributed by atoms with van der Waals surface area (Å²) in [7, 11) is 1.67. The normalized spacial score (nSPS) is 12.0. The summed E-state index contributed by atoms with van der Waals surface area (Å²) in [4.78, 5) is 5.78. The number of rotatable bonds is 3. The third kappa shape index (κ3) is 2.34. The van der Waals surface area contributed by atoms with Crippen molar-refractivity contribution in [3.8, 4) is 5.75 Å². The number of aryl methyl sites for hydroxylation is 1. The zero-order valence-corrected chi connectivity index (χ0v) is 12.4. The Kier molecular flexibility index (Phi) is 3.56. The molecule has 0 unspecified atom stereocenters. The van der Waals surface area contributed by atoms with Crippen molar-refractivity contribution >= 4 is 27.2 Å². The Morgan fingerprint density at radius 2 is 1.85 bits per heavy atom. The van der Waals surface area contributed by atoms with Gasteiger partial charge in [-0.1, -0.05) is 23.5 Å². The van der Waals surface area contributed by atoms with E-state index in [9.17, 15) is 0 Å². The molecule has 20 heavy (non-hydrogen) atoms. The second-order valence-corrected chi connectivity index (χ2v) is 5.42. The summed E-state index contributed by atoms with van der Waals surface area (Å²) in [6, 6.07) is 16.2. The van der Waals surface area contributed by atoms with Gasteiger partial charge in [0.25, 0.3) is 0 Å². The van der Waals surface area contributed by atoms with Gasteiger partial charge in [0.15, 0.2) is 4.80 Å². The lowest BCUT2D eigenvalue weighted by molar-refractivity contribution is 0.415. The molecule has 1 aromatic heterocycles. The molecule has 0 radical (unpaired) electrons. The SMILES string of the molecule is CCn1/c(=N\c2ccc(OC)cc2)sc2ccccc21. The van der Waals surface area contributed by atoms with E-state index in [1.807, 2.05) is 24.3 Å². The molecule has 3 nitrogen and oxygen atoms in total. The molecule has 0 saturated carbocycles. The fourth-order valence-electron chi connectivity index (χ4n) is 2.18. The van der Waals surface area contributed by atoms with E-state index in [2.05, 4.69) is 35.8 Å². The largest absolute Gasteiger partial charge is 0.497 e. The molecule has 0 aliphatic carbocycles. The molecular formula is C16H16N2OS. The van der Waals surface area contributed by atoms with Crippen LogP contribution >= 0.6 is 11.3 Å². The third-order valence-corrected chi connectivity index (χ3v) is 4.26. The highest BCUT2D eigenvalue weighted by atomic mass is 32.1. The number of fused-ring (bicyclic) bond motifs is 1. The first kappa shape index (κ1) is 12.9. The van der Waals surface area contributed by atoms with Crippen molar-refractivity contribution in [2.45, 2.75) is 13.5 Å². The number of nitrogens with zero attached hydrogens (tertiary/aromatic N) is 2. The van der Waals surface area contributed by atoms with Crippen LogP contribution in [0, 0.1) is 0 Å². The van der Waals surface area contributed by atoms with Gasteiger partial charge in [0, 0.05) is 6.54 Å². The van der Waals surface area contributed by atoms with Crippen LogP contribution in [0.5, 0.6) is 5.75 Å². The van der Waals surface area contributed by atoms with Crippen LogP contribution in [0.15, 0.2) is 53.5 Å². The number of hydrogen-bond donors (Lipinski definition) is 0. The number of aromatic nitrogens is 1. The van der Waals surface area contributed by atoms with Gasteiger partial charge in [-0.2, -0.15) is 0 Å². The fraction of sp³-hybridized carbons (Fsp3) is 0.188. The molecule has 0 aliphatic heterocycles. The molecule has 0 spiro atoms. The van der Waals surface area contributed by atoms with Gasteiger partial charge in [-0.05, 0) is 43.3 Å². The molecule has 2 aromatic carbocycles. The molecule has 0 fully saturated rings. The van der Waals surface area contributed by atoms with Gasteiger partial charge < -0.3 is 9.30 Å². The fourth-order valence-corrected chi connectivity index (χ4v) is 3.29. The Bertz CT molecular complexity index is 784. The molecule has 1 heterocycles. The zero-order valence-electron chi connectivity index (χ0n) is 11.5. The highest BCUT2D eigenvalue weighted by Crippen LogP contribution is 2.20. The standard InChI is InChI=1S/C16H16N2OS/c1-3-18-14-6-4-5-7-15(14)20-16(18)17-12-8-10-13(19-2)11-9-12/h4-11H,3H2,1-2H3/b17-16+. The van der Waals surface area contributed by atoms with Gasteiger partial charge >= 0.3 is 0 Å². The minimum Gasteiger partial charge on any atom is -0.497 e. The lowest BCUT2D eigenvalue weighted by Gasteiger charge is -2.01. The number of hydrogen-bond acceptors (Lipinski definition) is 3. The number of para-hydroxylation sites is 1. The molecule has 3 rings (SSSR count). The second-order valence-electron chi connectivity index (χ2n) is 4.41. The smallest absolute Gasteiger partial charge is 0.190 e. The maximum absolute atomic E-state index is 5.17. The summed E-state index contributed by atoms with van der Waals surface area (Å²) in [5, 5.41) is 0. The van der Waals surface area contributed by atoms with Crippen LogP contribution in [0.2, 0.25) is 0 Å². The summed E-state index contributed by atoms with van der Waals surface area (Å²) >= 11 is 1.72. The van der Waals surface area contributed by atoms with Crippen LogP contribution < -0.4 is 9.54 Å². The number of methoxy groups -OCH3 is 1. The van der Waals surface area contributed by atoms with Gasteiger partial charge in [0.1, 0.15) is 5.75 Å². The second kappa shape index (κ2) is 5.51. The summed E-state index contributed by atoms with van der Waals surface area (Å²) in [6.07, 6.45) is 0. The van der Waals surface area contributed by atoms with Crippen LogP contribution in [0.1, 0.15) is 6.92 Å². The molecule has 0 atom stereocenters. The van der Waals surface area contributed by atoms with Crippen LogP contribution in [0.4, 0.5) is 5.69 Å². The molecule has 0 bridgehead atoms. The predicted molar refractivity (Wildman–Crippen MR) is 83.7 cm³/mol. The average Bonchev–Trinajstić information content (AvgIpc) is 2.85. The van der Waals surface area contributed by atoms with Crippen molar-refractivity contribution < 1.29 is 4.74 Å². The molecule has 0 amide bonds. The van der Waals surface area contributed by atoms with Crippen molar-refractivity contribution in [1.82, 2.24) is 4.57 Å². The van der Waals surface area contributed by atoms with E-state index in [1.54, 1.807) is 18.4 Å². The Labute approximate surface area is 121 Å². The van der Waals surface area contributed by atoms with Gasteiger partial charge in [0.05, 0.1) is 23.0 Å². The number of ether oxygens (including phenoxy) is 1. The Morgan fingerprint density at radius 3 is 2.55 bits per heavy atom. The first-order valence-electron chi connectivity index (χ1n) is 6.59. The summed E-state index contributed by atoms with van der Waals surface area (Å²) in [5.74, 6) is 0.851. The van der Waals surface area contributed by atoms with E-state index < -0.39 is 0 Å². The minimum atomic E-state index is 0.851. The molecule has 0 aliphatic rings. The summed E-state index contributed by atoms with van der Waals surface area (Å²) in [5.41, 5.74) is 2.19. The van der Waals surface area contributed by atoms with Gasteiger partial charge in [-0.3, -0.25) is 0 Å². The van der Waals surface area contributed by atoms with Crippen molar-refractivity contribution in [2.75, 3.05) is 7.11 Å². The molecule has 102 valence electrons. The summed E-state index contributed by atoms with van der Waals surface area (Å²) < 4.78 is 8.67. The lowest BCUT2D eigenvalue weighted by atomic mass is 10.3. The van der Waals surface area contributed by atoms with Crippen LogP contribution in [0.25, 0.3) is 10.2 Å². The molecule has 0 saturated heterocycles. The van der Waals surface area contributed by atoms with Gasteiger partial charge in [-0.25, -0.2) is 4.99 Å². The lowest BCUT2D eigenvalue weighted by Crippen LogP contribution is -2.12. The first-order valence-corrected chi connectivity index (χ1v) is 7.40. The number of thiazole rings is 1. The van der Waals surface area contributed by atoms with Crippen LogP contribution in [0.3, 0.4) is 0 Å². The topological polar surface area (TPSA) is 26.5 Å². The monoisotopic (exact) mass is 284 g/mol. The molecule has 4 heteroatoms. The van der Waals surface area contributed by atoms with Gasteiger partial charge in [-0.15, -0.1) is 0 Å². The van der Waals surface area contributed by atoms with Crippen molar-refractivity contribution in [2.24, 2.45) is 4.99 Å². The van der Waals surface area contributed by atoms with Crippen LogP contribution in [-0.4, -0.2) is 11.7 Å². The van der Waals surface area contributed by atoms with Crippen LogP contribution in [-0.2, 0) is 6.54 Å². The van der Waals surface area contributed by atoms with E-state index in [0.29, 0.717) is 0 Å². The van der Waals surface area contributed by atoms with E-state index in [1.165, 1.54) is 10.2 Å². The highest BCUT2D eigenvalue weighted by molar-refractivity contribution is 7.16. The van der Waals surface area contributed by atoms with Crippen molar-refractivity contribution in [1.29, 1.82) is 0 Å².